The smallest absolute Gasteiger partial charge is 0.171 e. The summed E-state index contributed by atoms with van der Waals surface area (Å²) in [6.07, 6.45) is 1.65. The summed E-state index contributed by atoms with van der Waals surface area (Å²) < 4.78 is 0. The number of aromatic nitrogens is 1. The van der Waals surface area contributed by atoms with Crippen molar-refractivity contribution in [2.24, 2.45) is 0 Å². The Labute approximate surface area is 121 Å². The number of carbonyl (C=O) groups excluding carboxylic acids is 1. The number of hydrogen-bond acceptors (Lipinski definition) is 3. The van der Waals surface area contributed by atoms with Crippen molar-refractivity contribution < 1.29 is 4.79 Å². The van der Waals surface area contributed by atoms with Gasteiger partial charge in [-0.2, -0.15) is 0 Å². The van der Waals surface area contributed by atoms with Crippen molar-refractivity contribution >= 4 is 17.1 Å². The molecule has 3 aromatic rings. The SMILES string of the molecule is CC(=O)c1cnc(-c2ccc(-c3ccccc3)cc2)s1. The summed E-state index contributed by atoms with van der Waals surface area (Å²) in [5, 5.41) is 0.884. The summed E-state index contributed by atoms with van der Waals surface area (Å²) in [5.74, 6) is 0.0645. The van der Waals surface area contributed by atoms with Gasteiger partial charge in [0.1, 0.15) is 5.01 Å². The van der Waals surface area contributed by atoms with Crippen molar-refractivity contribution in [2.45, 2.75) is 6.92 Å². The van der Waals surface area contributed by atoms with Gasteiger partial charge >= 0.3 is 0 Å². The first-order chi connectivity index (χ1) is 9.74. The maximum atomic E-state index is 11.3. The van der Waals surface area contributed by atoms with Crippen molar-refractivity contribution in [1.82, 2.24) is 4.98 Å². The lowest BCUT2D eigenvalue weighted by Crippen LogP contribution is -1.83. The van der Waals surface area contributed by atoms with Crippen LogP contribution < -0.4 is 0 Å². The van der Waals surface area contributed by atoms with E-state index in [-0.39, 0.29) is 5.78 Å². The first-order valence-electron chi connectivity index (χ1n) is 6.36. The summed E-state index contributed by atoms with van der Waals surface area (Å²) in [7, 11) is 0. The minimum absolute atomic E-state index is 0.0645. The maximum Gasteiger partial charge on any atom is 0.171 e. The lowest BCUT2D eigenvalue weighted by molar-refractivity contribution is 0.102. The molecule has 1 heterocycles. The summed E-state index contributed by atoms with van der Waals surface area (Å²) in [4.78, 5) is 16.3. The first kappa shape index (κ1) is 12.8. The molecule has 0 unspecified atom stereocenters. The van der Waals surface area contributed by atoms with Crippen LogP contribution in [0.2, 0.25) is 0 Å². The lowest BCUT2D eigenvalue weighted by atomic mass is 10.0. The Hall–Kier alpha value is -2.26. The van der Waals surface area contributed by atoms with E-state index in [0.717, 1.165) is 10.6 Å². The first-order valence-corrected chi connectivity index (χ1v) is 7.18. The van der Waals surface area contributed by atoms with Crippen molar-refractivity contribution in [2.75, 3.05) is 0 Å². The van der Waals surface area contributed by atoms with Crippen LogP contribution in [0.3, 0.4) is 0 Å². The van der Waals surface area contributed by atoms with Gasteiger partial charge < -0.3 is 0 Å². The average Bonchev–Trinajstić information content (AvgIpc) is 2.98. The van der Waals surface area contributed by atoms with Gasteiger partial charge in [0.2, 0.25) is 0 Å². The van der Waals surface area contributed by atoms with E-state index in [0.29, 0.717) is 4.88 Å². The molecular weight excluding hydrogens is 266 g/mol. The third-order valence-corrected chi connectivity index (χ3v) is 4.24. The molecule has 2 nitrogen and oxygen atoms in total. The van der Waals surface area contributed by atoms with Gasteiger partial charge in [-0.25, -0.2) is 4.98 Å². The fourth-order valence-corrected chi connectivity index (χ4v) is 2.82. The molecule has 98 valence electrons. The van der Waals surface area contributed by atoms with Gasteiger partial charge in [0.15, 0.2) is 5.78 Å². The summed E-state index contributed by atoms with van der Waals surface area (Å²) in [6.45, 7) is 1.57. The fraction of sp³-hybridized carbons (Fsp3) is 0.0588. The van der Waals surface area contributed by atoms with Crippen LogP contribution in [0.4, 0.5) is 0 Å². The van der Waals surface area contributed by atoms with E-state index >= 15 is 0 Å². The highest BCUT2D eigenvalue weighted by molar-refractivity contribution is 7.16. The molecule has 3 rings (SSSR count). The molecule has 0 spiro atoms. The molecule has 0 aliphatic rings. The minimum atomic E-state index is 0.0645. The highest BCUT2D eigenvalue weighted by atomic mass is 32.1. The standard InChI is InChI=1S/C17H13NOS/c1-12(19)16-11-18-17(20-16)15-9-7-14(8-10-15)13-5-3-2-4-6-13/h2-11H,1H3. The van der Waals surface area contributed by atoms with E-state index in [1.807, 2.05) is 30.3 Å². The van der Waals surface area contributed by atoms with E-state index in [4.69, 9.17) is 0 Å². The molecule has 0 radical (unpaired) electrons. The van der Waals surface area contributed by atoms with Crippen LogP contribution in [0, 0.1) is 0 Å². The van der Waals surface area contributed by atoms with Gasteiger partial charge in [-0.1, -0.05) is 54.6 Å². The van der Waals surface area contributed by atoms with Gasteiger partial charge in [0, 0.05) is 18.7 Å². The molecule has 2 aromatic carbocycles. The van der Waals surface area contributed by atoms with Crippen LogP contribution in [-0.2, 0) is 0 Å². The Morgan fingerprint density at radius 3 is 2.10 bits per heavy atom. The largest absolute Gasteiger partial charge is 0.294 e. The molecule has 0 aliphatic carbocycles. The minimum Gasteiger partial charge on any atom is -0.294 e. The number of Topliss-reactive ketones (excluding diaryl/α,β-unsaturated/α-hetero) is 1. The molecule has 0 amide bonds. The third-order valence-electron chi connectivity index (χ3n) is 3.09. The fourth-order valence-electron chi connectivity index (χ4n) is 2.01. The summed E-state index contributed by atoms with van der Waals surface area (Å²) >= 11 is 1.44. The highest BCUT2D eigenvalue weighted by Crippen LogP contribution is 2.28. The molecule has 0 fully saturated rings. The number of hydrogen-bond donors (Lipinski definition) is 0. The zero-order valence-corrected chi connectivity index (χ0v) is 11.9. The Morgan fingerprint density at radius 2 is 1.50 bits per heavy atom. The van der Waals surface area contributed by atoms with Crippen LogP contribution >= 0.6 is 11.3 Å². The molecule has 0 aliphatic heterocycles. The van der Waals surface area contributed by atoms with Gasteiger partial charge in [0.25, 0.3) is 0 Å². The molecule has 1 aromatic heterocycles. The predicted molar refractivity (Wildman–Crippen MR) is 83.0 cm³/mol. The summed E-state index contributed by atoms with van der Waals surface area (Å²) in [5.41, 5.74) is 3.42. The normalized spacial score (nSPS) is 10.4. The molecule has 0 N–H and O–H groups in total. The molecule has 0 saturated carbocycles. The zero-order valence-electron chi connectivity index (χ0n) is 11.0. The van der Waals surface area contributed by atoms with Crippen molar-refractivity contribution in [3.63, 3.8) is 0 Å². The van der Waals surface area contributed by atoms with E-state index in [1.54, 1.807) is 13.1 Å². The molecule has 3 heteroatoms. The second kappa shape index (κ2) is 5.39. The Morgan fingerprint density at radius 1 is 0.900 bits per heavy atom. The Bertz CT molecular complexity index is 729. The molecule has 0 bridgehead atoms. The van der Waals surface area contributed by atoms with E-state index in [1.165, 1.54) is 22.5 Å². The van der Waals surface area contributed by atoms with E-state index in [2.05, 4.69) is 29.2 Å². The third kappa shape index (κ3) is 2.53. The second-order valence-corrected chi connectivity index (χ2v) is 5.56. The number of carbonyl (C=O) groups is 1. The van der Waals surface area contributed by atoms with Crippen LogP contribution in [0.1, 0.15) is 16.6 Å². The zero-order chi connectivity index (χ0) is 13.9. The van der Waals surface area contributed by atoms with Crippen molar-refractivity contribution in [3.8, 4) is 21.7 Å². The average molecular weight is 279 g/mol. The van der Waals surface area contributed by atoms with E-state index < -0.39 is 0 Å². The van der Waals surface area contributed by atoms with Gasteiger partial charge in [-0.05, 0) is 11.1 Å². The lowest BCUT2D eigenvalue weighted by Gasteiger charge is -2.02. The maximum absolute atomic E-state index is 11.3. The summed E-state index contributed by atoms with van der Waals surface area (Å²) in [6, 6.07) is 18.5. The quantitative estimate of drug-likeness (QED) is 0.652. The number of rotatable bonds is 3. The Kier molecular flexibility index (Phi) is 3.44. The number of benzene rings is 2. The van der Waals surface area contributed by atoms with Crippen LogP contribution in [0.5, 0.6) is 0 Å². The van der Waals surface area contributed by atoms with Crippen LogP contribution in [0.15, 0.2) is 60.8 Å². The Balaban J connectivity index is 1.91. The van der Waals surface area contributed by atoms with Gasteiger partial charge in [-0.3, -0.25) is 4.79 Å². The van der Waals surface area contributed by atoms with Crippen molar-refractivity contribution in [1.29, 1.82) is 0 Å². The number of ketones is 1. The highest BCUT2D eigenvalue weighted by Gasteiger charge is 2.08. The molecule has 20 heavy (non-hydrogen) atoms. The monoisotopic (exact) mass is 279 g/mol. The molecule has 0 atom stereocenters. The number of thiazole rings is 1. The van der Waals surface area contributed by atoms with Gasteiger partial charge in [-0.15, -0.1) is 11.3 Å². The van der Waals surface area contributed by atoms with Crippen molar-refractivity contribution in [3.05, 3.63) is 65.7 Å². The van der Waals surface area contributed by atoms with E-state index in [9.17, 15) is 4.79 Å². The second-order valence-electron chi connectivity index (χ2n) is 4.53. The number of nitrogens with zero attached hydrogens (tertiary/aromatic N) is 1. The predicted octanol–water partition coefficient (Wildman–Crippen LogP) is 4.68. The van der Waals surface area contributed by atoms with Crippen LogP contribution in [-0.4, -0.2) is 10.8 Å². The molecular formula is C17H13NOS. The molecule has 0 saturated heterocycles. The van der Waals surface area contributed by atoms with Crippen LogP contribution in [0.25, 0.3) is 21.7 Å². The van der Waals surface area contributed by atoms with Gasteiger partial charge in [0.05, 0.1) is 4.88 Å². The topological polar surface area (TPSA) is 30.0 Å².